The van der Waals surface area contributed by atoms with Gasteiger partial charge in [0.1, 0.15) is 28.2 Å². The molecule has 1 saturated heterocycles. The number of phenols is 2. The van der Waals surface area contributed by atoms with Crippen molar-refractivity contribution in [2.45, 2.75) is 38.5 Å². The van der Waals surface area contributed by atoms with Gasteiger partial charge in [0.25, 0.3) is 0 Å². The fourth-order valence-electron chi connectivity index (χ4n) is 4.67. The Bertz CT molecular complexity index is 1370. The fourth-order valence-corrected chi connectivity index (χ4v) is 4.67. The molecule has 2 heterocycles. The molecule has 12 heteroatoms. The number of halogens is 3. The van der Waals surface area contributed by atoms with Gasteiger partial charge in [0.15, 0.2) is 5.43 Å². The Labute approximate surface area is 222 Å². The number of rotatable bonds is 5. The molecule has 1 aromatic heterocycles. The van der Waals surface area contributed by atoms with Crippen LogP contribution in [0.2, 0.25) is 0 Å². The van der Waals surface area contributed by atoms with E-state index in [1.165, 1.54) is 6.07 Å². The average Bonchev–Trinajstić information content (AvgIpc) is 2.85. The highest BCUT2D eigenvalue weighted by atomic mass is 19.4. The minimum absolute atomic E-state index is 0.0208. The van der Waals surface area contributed by atoms with Gasteiger partial charge in [0.2, 0.25) is 0 Å². The molecule has 4 rings (SSSR count). The Balaban J connectivity index is 0.000000532. The smallest absolute Gasteiger partial charge is 0.490 e. The van der Waals surface area contributed by atoms with Crippen LogP contribution in [0.4, 0.5) is 18.9 Å². The van der Waals surface area contributed by atoms with Gasteiger partial charge in [-0.1, -0.05) is 0 Å². The summed E-state index contributed by atoms with van der Waals surface area (Å²) >= 11 is 0. The number of fused-ring (bicyclic) bond motifs is 1. The zero-order valence-corrected chi connectivity index (χ0v) is 21.7. The molecule has 0 unspecified atom stereocenters. The lowest BCUT2D eigenvalue weighted by Gasteiger charge is -2.34. The molecule has 0 aliphatic carbocycles. The molecule has 9 nitrogen and oxygen atoms in total. The Kier molecular flexibility index (Phi) is 9.13. The van der Waals surface area contributed by atoms with Crippen molar-refractivity contribution in [2.24, 2.45) is 0 Å². The number of aliphatic carboxylic acids is 1. The second kappa shape index (κ2) is 12.0. The van der Waals surface area contributed by atoms with Gasteiger partial charge in [-0.15, -0.1) is 0 Å². The third kappa shape index (κ3) is 6.63. The molecular weight excluding hydrogens is 521 g/mol. The molecule has 212 valence electrons. The largest absolute Gasteiger partial charge is 0.507 e. The van der Waals surface area contributed by atoms with Gasteiger partial charge < -0.3 is 34.6 Å². The molecule has 1 fully saturated rings. The number of hydrogen-bond acceptors (Lipinski definition) is 8. The van der Waals surface area contributed by atoms with E-state index in [1.54, 1.807) is 0 Å². The maximum atomic E-state index is 13.0. The number of hydrogen-bond donors (Lipinski definition) is 4. The van der Waals surface area contributed by atoms with Crippen LogP contribution in [-0.2, 0) is 4.79 Å². The van der Waals surface area contributed by atoms with Crippen molar-refractivity contribution >= 4 is 22.6 Å². The van der Waals surface area contributed by atoms with E-state index < -0.39 is 29.6 Å². The minimum atomic E-state index is -5.08. The van der Waals surface area contributed by atoms with E-state index in [1.807, 2.05) is 36.2 Å². The van der Waals surface area contributed by atoms with Gasteiger partial charge in [-0.2, -0.15) is 13.2 Å². The number of aliphatic hydroxyl groups excluding tert-OH is 1. The number of likely N-dealkylation sites (tertiary alicyclic amines) is 1. The van der Waals surface area contributed by atoms with Crippen molar-refractivity contribution in [1.29, 1.82) is 0 Å². The van der Waals surface area contributed by atoms with Crippen molar-refractivity contribution in [2.75, 3.05) is 38.1 Å². The minimum Gasteiger partial charge on any atom is -0.507 e. The average molecular weight is 553 g/mol. The number of benzene rings is 2. The first-order chi connectivity index (χ1) is 18.3. The zero-order chi connectivity index (χ0) is 29.1. The molecule has 0 radical (unpaired) electrons. The molecule has 1 aliphatic rings. The summed E-state index contributed by atoms with van der Waals surface area (Å²) in [6.07, 6.45) is -5.22. The highest BCUT2D eigenvalue weighted by molar-refractivity contribution is 5.89. The van der Waals surface area contributed by atoms with E-state index in [-0.39, 0.29) is 22.5 Å². The summed E-state index contributed by atoms with van der Waals surface area (Å²) in [6, 6.07) is 10.3. The van der Waals surface area contributed by atoms with Gasteiger partial charge in [0, 0.05) is 54.5 Å². The monoisotopic (exact) mass is 552 g/mol. The molecule has 2 atom stereocenters. The number of likely N-dealkylation sites (N-methyl/N-ethyl adjacent to an activating group) is 1. The normalized spacial score (nSPS) is 17.9. The quantitative estimate of drug-likeness (QED) is 0.369. The molecule has 1 aliphatic heterocycles. The predicted octanol–water partition coefficient (Wildman–Crippen LogP) is 4.13. The molecule has 2 aromatic carbocycles. The molecule has 0 bridgehead atoms. The molecule has 0 saturated carbocycles. The van der Waals surface area contributed by atoms with Crippen LogP contribution >= 0.6 is 0 Å². The summed E-state index contributed by atoms with van der Waals surface area (Å²) in [7, 11) is 1.92. The van der Waals surface area contributed by atoms with E-state index in [2.05, 4.69) is 18.7 Å². The number of β-amino-alcohol motifs (C(OH)–C–C–N with tert-alkyl or cyclic N) is 1. The summed E-state index contributed by atoms with van der Waals surface area (Å²) in [6.45, 7) is 7.16. The van der Waals surface area contributed by atoms with Crippen LogP contribution in [0.25, 0.3) is 22.3 Å². The van der Waals surface area contributed by atoms with Crippen molar-refractivity contribution < 1.29 is 42.8 Å². The number of carbonyl (C=O) groups is 1. The van der Waals surface area contributed by atoms with Crippen molar-refractivity contribution in [3.05, 3.63) is 52.2 Å². The third-order valence-corrected chi connectivity index (χ3v) is 6.68. The standard InChI is InChI=1S/C25H30N2O5.C2HF3O2/c1-4-27(5-2)16-8-6-15(7-9-16)22-13-20(30)24-19(29)12-18(28)23(25(24)32-22)17-10-11-26(3)14-21(17)31;3-2(4,5)1(6)7/h6-9,12-13,17,21,28-29,31H,4-5,10-11,14H2,1-3H3;(H,6,7)/t17-,21+;/m0./s1. The number of piperidine rings is 1. The number of aliphatic hydroxyl groups is 1. The summed E-state index contributed by atoms with van der Waals surface area (Å²) in [5.41, 5.74) is 1.91. The highest BCUT2D eigenvalue weighted by Gasteiger charge is 2.38. The molecule has 0 spiro atoms. The molecule has 0 amide bonds. The summed E-state index contributed by atoms with van der Waals surface area (Å²) in [4.78, 5) is 26.1. The maximum absolute atomic E-state index is 13.0. The molecular formula is C27H31F3N2O7. The van der Waals surface area contributed by atoms with Crippen LogP contribution in [0, 0.1) is 0 Å². The Morgan fingerprint density at radius 1 is 1.10 bits per heavy atom. The topological polar surface area (TPSA) is 135 Å². The zero-order valence-electron chi connectivity index (χ0n) is 21.7. The van der Waals surface area contributed by atoms with Gasteiger partial charge in [-0.05, 0) is 58.1 Å². The Morgan fingerprint density at radius 2 is 1.69 bits per heavy atom. The molecule has 3 aromatic rings. The van der Waals surface area contributed by atoms with Crippen LogP contribution in [0.15, 0.2) is 45.6 Å². The SMILES string of the molecule is CCN(CC)c1ccc(-c2cc(=O)c3c(O)cc(O)c([C@H]4CCN(C)C[C@H]4O)c3o2)cc1.O=C(O)C(F)(F)F. The number of anilines is 1. The number of nitrogens with zero attached hydrogens (tertiary/aromatic N) is 2. The van der Waals surface area contributed by atoms with Crippen molar-refractivity contribution in [3.8, 4) is 22.8 Å². The molecule has 4 N–H and O–H groups in total. The molecule has 39 heavy (non-hydrogen) atoms. The maximum Gasteiger partial charge on any atom is 0.490 e. The second-order valence-electron chi connectivity index (χ2n) is 9.25. The summed E-state index contributed by atoms with van der Waals surface area (Å²) in [5.74, 6) is -3.32. The van der Waals surface area contributed by atoms with Crippen molar-refractivity contribution in [3.63, 3.8) is 0 Å². The van der Waals surface area contributed by atoms with Crippen LogP contribution in [0.3, 0.4) is 0 Å². The lowest BCUT2D eigenvalue weighted by atomic mass is 9.85. The Morgan fingerprint density at radius 3 is 2.21 bits per heavy atom. The van der Waals surface area contributed by atoms with E-state index >= 15 is 0 Å². The summed E-state index contributed by atoms with van der Waals surface area (Å²) in [5, 5.41) is 38.9. The van der Waals surface area contributed by atoms with Crippen LogP contribution in [-0.4, -0.2) is 76.8 Å². The van der Waals surface area contributed by atoms with Crippen LogP contribution < -0.4 is 10.3 Å². The number of aromatic hydroxyl groups is 2. The lowest BCUT2D eigenvalue weighted by Crippen LogP contribution is -2.40. The van der Waals surface area contributed by atoms with E-state index in [0.29, 0.717) is 24.3 Å². The number of carboxylic acids is 1. The van der Waals surface area contributed by atoms with Gasteiger partial charge in [0.05, 0.1) is 6.10 Å². The van der Waals surface area contributed by atoms with Gasteiger partial charge >= 0.3 is 12.1 Å². The van der Waals surface area contributed by atoms with E-state index in [9.17, 15) is 33.3 Å². The van der Waals surface area contributed by atoms with E-state index in [0.717, 1.165) is 37.0 Å². The van der Waals surface area contributed by atoms with E-state index in [4.69, 9.17) is 14.3 Å². The van der Waals surface area contributed by atoms with Crippen LogP contribution in [0.1, 0.15) is 31.7 Å². The van der Waals surface area contributed by atoms with Gasteiger partial charge in [-0.25, -0.2) is 4.79 Å². The predicted molar refractivity (Wildman–Crippen MR) is 139 cm³/mol. The Hall–Kier alpha value is -3.77. The lowest BCUT2D eigenvalue weighted by molar-refractivity contribution is -0.192. The fraction of sp³-hybridized carbons (Fsp3) is 0.407. The van der Waals surface area contributed by atoms with Gasteiger partial charge in [-0.3, -0.25) is 4.79 Å². The van der Waals surface area contributed by atoms with Crippen LogP contribution in [0.5, 0.6) is 11.5 Å². The van der Waals surface area contributed by atoms with Crippen molar-refractivity contribution in [1.82, 2.24) is 4.90 Å². The third-order valence-electron chi connectivity index (χ3n) is 6.68. The summed E-state index contributed by atoms with van der Waals surface area (Å²) < 4.78 is 37.9. The number of phenolic OH excluding ortho intramolecular Hbond substituents is 2. The first-order valence-electron chi connectivity index (χ1n) is 12.3. The number of carboxylic acid groups (broad SMARTS) is 1. The second-order valence-corrected chi connectivity index (χ2v) is 9.25. The first kappa shape index (κ1) is 29.8. The highest BCUT2D eigenvalue weighted by Crippen LogP contribution is 2.42. The first-order valence-corrected chi connectivity index (χ1v) is 12.3. The number of alkyl halides is 3.